The average Bonchev–Trinajstić information content (AvgIpc) is 2.82. The van der Waals surface area contributed by atoms with Gasteiger partial charge in [0.25, 0.3) is 0 Å². The van der Waals surface area contributed by atoms with Crippen LogP contribution in [-0.2, 0) is 6.61 Å². The lowest BCUT2D eigenvalue weighted by Gasteiger charge is -2.12. The van der Waals surface area contributed by atoms with Crippen LogP contribution >= 0.6 is 11.3 Å². The minimum absolute atomic E-state index is 0.406. The summed E-state index contributed by atoms with van der Waals surface area (Å²) >= 11 is 1.36. The van der Waals surface area contributed by atoms with Gasteiger partial charge in [0.05, 0.1) is 4.88 Å². The molecule has 0 spiro atoms. The van der Waals surface area contributed by atoms with Crippen LogP contribution in [0.1, 0.15) is 31.4 Å². The zero-order chi connectivity index (χ0) is 13.1. The van der Waals surface area contributed by atoms with Crippen LogP contribution in [0.4, 0.5) is 0 Å². The molecule has 2 aromatic rings. The number of rotatable bonds is 4. The molecular weight excluding hydrogens is 246 g/mol. The highest BCUT2D eigenvalue weighted by Gasteiger charge is 2.08. The second-order valence-corrected chi connectivity index (χ2v) is 5.36. The molecule has 0 amide bonds. The minimum Gasteiger partial charge on any atom is -0.486 e. The Balaban J connectivity index is 2.15. The number of nitrogens with zero attached hydrogens (tertiary/aromatic N) is 1. The summed E-state index contributed by atoms with van der Waals surface area (Å²) in [6.45, 7) is 6.55. The molecule has 0 aliphatic heterocycles. The van der Waals surface area contributed by atoms with Gasteiger partial charge in [0.2, 0.25) is 0 Å². The molecule has 0 fully saturated rings. The SMILES string of the molecule is Cc1ccc(C)c(OCc2ncc(C=O)s2)c1C. The van der Waals surface area contributed by atoms with Gasteiger partial charge in [-0.3, -0.25) is 4.79 Å². The lowest BCUT2D eigenvalue weighted by atomic mass is 10.1. The molecule has 0 aliphatic rings. The van der Waals surface area contributed by atoms with Gasteiger partial charge >= 0.3 is 0 Å². The first-order valence-corrected chi connectivity index (χ1v) is 6.53. The van der Waals surface area contributed by atoms with E-state index in [0.29, 0.717) is 11.5 Å². The summed E-state index contributed by atoms with van der Waals surface area (Å²) in [5.74, 6) is 0.915. The van der Waals surface area contributed by atoms with Crippen molar-refractivity contribution in [2.45, 2.75) is 27.4 Å². The maximum Gasteiger partial charge on any atom is 0.161 e. The van der Waals surface area contributed by atoms with E-state index in [-0.39, 0.29) is 0 Å². The van der Waals surface area contributed by atoms with Crippen molar-refractivity contribution >= 4 is 17.6 Å². The number of aryl methyl sites for hydroxylation is 2. The first kappa shape index (κ1) is 12.8. The number of carbonyl (C=O) groups excluding carboxylic acids is 1. The number of aromatic nitrogens is 1. The molecular formula is C14H15NO2S. The Kier molecular flexibility index (Phi) is 3.77. The molecule has 1 aromatic heterocycles. The van der Waals surface area contributed by atoms with E-state index < -0.39 is 0 Å². The van der Waals surface area contributed by atoms with Crippen molar-refractivity contribution in [3.05, 3.63) is 44.9 Å². The van der Waals surface area contributed by atoms with Crippen molar-refractivity contribution in [2.24, 2.45) is 0 Å². The van der Waals surface area contributed by atoms with Crippen LogP contribution in [0, 0.1) is 20.8 Å². The van der Waals surface area contributed by atoms with Gasteiger partial charge in [-0.1, -0.05) is 12.1 Å². The fourth-order valence-corrected chi connectivity index (χ4v) is 2.38. The summed E-state index contributed by atoms with van der Waals surface area (Å²) in [5, 5.41) is 0.817. The molecule has 0 bridgehead atoms. The Hall–Kier alpha value is -1.68. The summed E-state index contributed by atoms with van der Waals surface area (Å²) in [6.07, 6.45) is 2.39. The van der Waals surface area contributed by atoms with E-state index in [9.17, 15) is 4.79 Å². The van der Waals surface area contributed by atoms with E-state index in [1.54, 1.807) is 6.20 Å². The highest BCUT2D eigenvalue weighted by atomic mass is 32.1. The molecule has 0 aliphatic carbocycles. The zero-order valence-electron chi connectivity index (χ0n) is 10.7. The zero-order valence-corrected chi connectivity index (χ0v) is 11.5. The second-order valence-electron chi connectivity index (χ2n) is 4.22. The van der Waals surface area contributed by atoms with E-state index in [1.807, 2.05) is 6.92 Å². The van der Waals surface area contributed by atoms with Crippen molar-refractivity contribution < 1.29 is 9.53 Å². The van der Waals surface area contributed by atoms with Gasteiger partial charge in [-0.2, -0.15) is 0 Å². The Morgan fingerprint density at radius 3 is 2.67 bits per heavy atom. The number of carbonyl (C=O) groups is 1. The number of aldehydes is 1. The third-order valence-corrected chi connectivity index (χ3v) is 3.80. The van der Waals surface area contributed by atoms with Gasteiger partial charge in [0, 0.05) is 6.20 Å². The predicted octanol–water partition coefficient (Wildman–Crippen LogP) is 3.46. The summed E-state index contributed by atoms with van der Waals surface area (Å²) in [7, 11) is 0. The van der Waals surface area contributed by atoms with Gasteiger partial charge in [-0.15, -0.1) is 11.3 Å². The van der Waals surface area contributed by atoms with Crippen molar-refractivity contribution in [1.29, 1.82) is 0 Å². The van der Waals surface area contributed by atoms with Gasteiger partial charge < -0.3 is 4.74 Å². The molecule has 4 heteroatoms. The monoisotopic (exact) mass is 261 g/mol. The number of ether oxygens (including phenoxy) is 1. The molecule has 94 valence electrons. The largest absolute Gasteiger partial charge is 0.486 e. The van der Waals surface area contributed by atoms with Crippen LogP contribution < -0.4 is 4.74 Å². The molecule has 3 nitrogen and oxygen atoms in total. The number of hydrogen-bond donors (Lipinski definition) is 0. The van der Waals surface area contributed by atoms with E-state index in [0.717, 1.165) is 28.2 Å². The van der Waals surface area contributed by atoms with Crippen LogP contribution in [-0.4, -0.2) is 11.3 Å². The molecule has 0 saturated carbocycles. The maximum atomic E-state index is 10.6. The first-order chi connectivity index (χ1) is 8.61. The molecule has 0 radical (unpaired) electrons. The predicted molar refractivity (Wildman–Crippen MR) is 72.5 cm³/mol. The standard InChI is InChI=1S/C14H15NO2S/c1-9-4-5-10(2)14(11(9)3)17-8-13-15-6-12(7-16)18-13/h4-7H,8H2,1-3H3. The quantitative estimate of drug-likeness (QED) is 0.791. The van der Waals surface area contributed by atoms with Gasteiger partial charge in [-0.05, 0) is 37.5 Å². The van der Waals surface area contributed by atoms with Gasteiger partial charge in [0.15, 0.2) is 6.29 Å². The first-order valence-electron chi connectivity index (χ1n) is 5.71. The lowest BCUT2D eigenvalue weighted by molar-refractivity contribution is 0.112. The maximum absolute atomic E-state index is 10.6. The third kappa shape index (κ3) is 2.59. The van der Waals surface area contributed by atoms with Crippen LogP contribution in [0.5, 0.6) is 5.75 Å². The summed E-state index contributed by atoms with van der Waals surface area (Å²) in [4.78, 5) is 15.4. The number of hydrogen-bond acceptors (Lipinski definition) is 4. The molecule has 1 heterocycles. The Morgan fingerprint density at radius 1 is 1.28 bits per heavy atom. The number of thiazole rings is 1. The van der Waals surface area contributed by atoms with E-state index in [2.05, 4.69) is 31.0 Å². The van der Waals surface area contributed by atoms with Gasteiger partial charge in [-0.25, -0.2) is 4.98 Å². The molecule has 1 aromatic carbocycles. The van der Waals surface area contributed by atoms with E-state index in [1.165, 1.54) is 16.9 Å². The molecule has 0 saturated heterocycles. The lowest BCUT2D eigenvalue weighted by Crippen LogP contribution is -1.99. The Bertz CT molecular complexity index is 575. The molecule has 2 rings (SSSR count). The van der Waals surface area contributed by atoms with E-state index in [4.69, 9.17) is 4.74 Å². The van der Waals surface area contributed by atoms with Crippen LogP contribution in [0.2, 0.25) is 0 Å². The van der Waals surface area contributed by atoms with Crippen molar-refractivity contribution in [3.8, 4) is 5.75 Å². The van der Waals surface area contributed by atoms with Gasteiger partial charge in [0.1, 0.15) is 17.4 Å². The van der Waals surface area contributed by atoms with Crippen LogP contribution in [0.3, 0.4) is 0 Å². The number of benzene rings is 1. The Morgan fingerprint density at radius 2 is 2.00 bits per heavy atom. The normalized spacial score (nSPS) is 10.4. The fourth-order valence-electron chi connectivity index (χ4n) is 1.73. The molecule has 0 atom stereocenters. The van der Waals surface area contributed by atoms with Crippen LogP contribution in [0.15, 0.2) is 18.3 Å². The van der Waals surface area contributed by atoms with Crippen molar-refractivity contribution in [1.82, 2.24) is 4.98 Å². The molecule has 0 N–H and O–H groups in total. The summed E-state index contributed by atoms with van der Waals surface area (Å²) in [6, 6.07) is 4.14. The highest BCUT2D eigenvalue weighted by molar-refractivity contribution is 7.13. The summed E-state index contributed by atoms with van der Waals surface area (Å²) < 4.78 is 5.82. The topological polar surface area (TPSA) is 39.2 Å². The highest BCUT2D eigenvalue weighted by Crippen LogP contribution is 2.26. The van der Waals surface area contributed by atoms with Crippen molar-refractivity contribution in [2.75, 3.05) is 0 Å². The Labute approximate surface area is 110 Å². The molecule has 0 unspecified atom stereocenters. The third-order valence-electron chi connectivity index (χ3n) is 2.90. The molecule has 18 heavy (non-hydrogen) atoms. The smallest absolute Gasteiger partial charge is 0.161 e. The second kappa shape index (κ2) is 5.31. The van der Waals surface area contributed by atoms with Crippen LogP contribution in [0.25, 0.3) is 0 Å². The minimum atomic E-state index is 0.406. The van der Waals surface area contributed by atoms with E-state index >= 15 is 0 Å². The average molecular weight is 261 g/mol. The van der Waals surface area contributed by atoms with Crippen molar-refractivity contribution in [3.63, 3.8) is 0 Å². The summed E-state index contributed by atoms with van der Waals surface area (Å²) in [5.41, 5.74) is 3.48. The fraction of sp³-hybridized carbons (Fsp3) is 0.286.